The quantitative estimate of drug-likeness (QED) is 0.733. The van der Waals surface area contributed by atoms with Gasteiger partial charge < -0.3 is 20.0 Å². The van der Waals surface area contributed by atoms with Crippen LogP contribution in [0.4, 0.5) is 0 Å². The van der Waals surface area contributed by atoms with Crippen LogP contribution >= 0.6 is 0 Å². The molecule has 1 aromatic carbocycles. The molecule has 2 aliphatic carbocycles. The first-order valence-electron chi connectivity index (χ1n) is 9.85. The summed E-state index contributed by atoms with van der Waals surface area (Å²) in [6.45, 7) is 4.78. The predicted molar refractivity (Wildman–Crippen MR) is 104 cm³/mol. The second-order valence-electron chi connectivity index (χ2n) is 7.79. The van der Waals surface area contributed by atoms with Crippen LogP contribution in [0.2, 0.25) is 0 Å². The maximum absolute atomic E-state index is 10.1. The van der Waals surface area contributed by atoms with E-state index in [9.17, 15) is 5.11 Å². The van der Waals surface area contributed by atoms with Gasteiger partial charge in [0.1, 0.15) is 24.0 Å². The minimum Gasteiger partial charge on any atom is -0.393 e. The van der Waals surface area contributed by atoms with Crippen LogP contribution in [0.3, 0.4) is 0 Å². The number of aliphatic hydroxyl groups excluding tert-OH is 1. The fraction of sp³-hybridized carbons (Fsp3) is 0.667. The smallest absolute Gasteiger partial charge is 0.144 e. The van der Waals surface area contributed by atoms with E-state index in [0.717, 1.165) is 30.5 Å². The molecule has 1 saturated carbocycles. The van der Waals surface area contributed by atoms with Crippen molar-refractivity contribution >= 4 is 5.71 Å². The molecule has 144 valence electrons. The fourth-order valence-electron chi connectivity index (χ4n) is 4.34. The normalized spacial score (nSPS) is 27.9. The van der Waals surface area contributed by atoms with E-state index < -0.39 is 11.7 Å². The van der Waals surface area contributed by atoms with Crippen molar-refractivity contribution in [1.29, 1.82) is 0 Å². The van der Waals surface area contributed by atoms with Crippen molar-refractivity contribution in [2.75, 3.05) is 20.3 Å². The number of oxime groups is 1. The van der Waals surface area contributed by atoms with Gasteiger partial charge in [0, 0.05) is 31.2 Å². The van der Waals surface area contributed by atoms with Gasteiger partial charge >= 0.3 is 0 Å². The number of benzene rings is 1. The Hall–Kier alpha value is -1.43. The van der Waals surface area contributed by atoms with Crippen LogP contribution in [0, 0.1) is 0 Å². The Bertz CT molecular complexity index is 631. The topological polar surface area (TPSA) is 63.1 Å². The number of methoxy groups -OCH3 is 1. The SMILES string of the molecule is COC12CCCCCC1c1ccccc1/C2=N/OCC(O)CNC(C)C. The van der Waals surface area contributed by atoms with E-state index in [4.69, 9.17) is 9.57 Å². The molecule has 5 nitrogen and oxygen atoms in total. The number of hydrogen-bond acceptors (Lipinski definition) is 5. The second-order valence-corrected chi connectivity index (χ2v) is 7.79. The molecule has 3 atom stereocenters. The number of aliphatic hydroxyl groups is 1. The molecular weight excluding hydrogens is 328 g/mol. The van der Waals surface area contributed by atoms with Gasteiger partial charge in [-0.1, -0.05) is 62.5 Å². The van der Waals surface area contributed by atoms with Gasteiger partial charge in [-0.2, -0.15) is 0 Å². The first kappa shape index (κ1) is 19.3. The Labute approximate surface area is 156 Å². The summed E-state index contributed by atoms with van der Waals surface area (Å²) in [5.41, 5.74) is 2.95. The lowest BCUT2D eigenvalue weighted by molar-refractivity contribution is 0.0126. The van der Waals surface area contributed by atoms with E-state index in [1.165, 1.54) is 18.4 Å². The third-order valence-electron chi connectivity index (χ3n) is 5.64. The van der Waals surface area contributed by atoms with Crippen molar-refractivity contribution < 1.29 is 14.7 Å². The zero-order chi connectivity index (χ0) is 18.6. The molecule has 0 bridgehead atoms. The Morgan fingerprint density at radius 3 is 2.85 bits per heavy atom. The van der Waals surface area contributed by atoms with Crippen molar-refractivity contribution in [1.82, 2.24) is 5.32 Å². The first-order valence-corrected chi connectivity index (χ1v) is 9.85. The molecule has 0 amide bonds. The predicted octanol–water partition coefficient (Wildman–Crippen LogP) is 3.21. The summed E-state index contributed by atoms with van der Waals surface area (Å²) in [6, 6.07) is 8.79. The maximum atomic E-state index is 10.1. The zero-order valence-corrected chi connectivity index (χ0v) is 16.2. The molecule has 0 aliphatic heterocycles. The van der Waals surface area contributed by atoms with Crippen molar-refractivity contribution in [3.05, 3.63) is 35.4 Å². The van der Waals surface area contributed by atoms with Crippen LogP contribution in [0.5, 0.6) is 0 Å². The summed E-state index contributed by atoms with van der Waals surface area (Å²) < 4.78 is 6.13. The van der Waals surface area contributed by atoms with Crippen LogP contribution in [0.15, 0.2) is 29.4 Å². The van der Waals surface area contributed by atoms with Gasteiger partial charge in [0.15, 0.2) is 0 Å². The third kappa shape index (κ3) is 3.80. The summed E-state index contributed by atoms with van der Waals surface area (Å²) in [7, 11) is 1.79. The lowest BCUT2D eigenvalue weighted by atomic mass is 9.83. The van der Waals surface area contributed by atoms with Crippen LogP contribution in [0.1, 0.15) is 63.0 Å². The minimum atomic E-state index is -0.582. The van der Waals surface area contributed by atoms with Gasteiger partial charge in [0.25, 0.3) is 0 Å². The van der Waals surface area contributed by atoms with E-state index in [1.807, 2.05) is 6.07 Å². The highest BCUT2D eigenvalue weighted by atomic mass is 16.6. The molecule has 0 heterocycles. The van der Waals surface area contributed by atoms with E-state index in [1.54, 1.807) is 7.11 Å². The number of rotatable bonds is 7. The minimum absolute atomic E-state index is 0.176. The second kappa shape index (κ2) is 8.51. The lowest BCUT2D eigenvalue weighted by Gasteiger charge is -2.33. The molecule has 3 rings (SSSR count). The number of fused-ring (bicyclic) bond motifs is 3. The number of nitrogens with one attached hydrogen (secondary N) is 1. The van der Waals surface area contributed by atoms with Crippen molar-refractivity contribution in [2.24, 2.45) is 5.16 Å². The molecule has 5 heteroatoms. The van der Waals surface area contributed by atoms with Gasteiger partial charge in [-0.15, -0.1) is 0 Å². The van der Waals surface area contributed by atoms with Crippen LogP contribution in [-0.4, -0.2) is 48.8 Å². The van der Waals surface area contributed by atoms with Crippen molar-refractivity contribution in [3.63, 3.8) is 0 Å². The van der Waals surface area contributed by atoms with Crippen LogP contribution in [0.25, 0.3) is 0 Å². The standard InChI is InChI=1S/C21H32N2O3/c1-15(2)22-13-16(24)14-26-23-20-18-10-7-6-9-17(18)19-11-5-4-8-12-21(19,20)25-3/h6-7,9-10,15-16,19,22,24H,4-5,8,11-14H2,1-3H3/b23-20-. The molecule has 26 heavy (non-hydrogen) atoms. The van der Waals surface area contributed by atoms with E-state index in [-0.39, 0.29) is 6.61 Å². The summed E-state index contributed by atoms with van der Waals surface area (Å²) in [4.78, 5) is 5.60. The number of hydrogen-bond donors (Lipinski definition) is 2. The summed E-state index contributed by atoms with van der Waals surface area (Å²) in [6.07, 6.45) is 5.09. The highest BCUT2D eigenvalue weighted by Gasteiger charge is 2.52. The Kier molecular flexibility index (Phi) is 6.33. The van der Waals surface area contributed by atoms with E-state index >= 15 is 0 Å². The number of nitrogens with zero attached hydrogens (tertiary/aromatic N) is 1. The Morgan fingerprint density at radius 1 is 1.27 bits per heavy atom. The third-order valence-corrected chi connectivity index (χ3v) is 5.64. The number of ether oxygens (including phenoxy) is 1. The molecule has 2 aliphatic rings. The summed E-state index contributed by atoms with van der Waals surface area (Å²) >= 11 is 0. The maximum Gasteiger partial charge on any atom is 0.144 e. The van der Waals surface area contributed by atoms with Gasteiger partial charge in [0.2, 0.25) is 0 Å². The average molecular weight is 360 g/mol. The highest BCUT2D eigenvalue weighted by molar-refractivity contribution is 6.11. The van der Waals surface area contributed by atoms with E-state index in [2.05, 4.69) is 42.5 Å². The van der Waals surface area contributed by atoms with Crippen molar-refractivity contribution in [3.8, 4) is 0 Å². The van der Waals surface area contributed by atoms with Crippen LogP contribution < -0.4 is 5.32 Å². The van der Waals surface area contributed by atoms with Gasteiger partial charge in [-0.25, -0.2) is 0 Å². The summed E-state index contributed by atoms with van der Waals surface area (Å²) in [5, 5.41) is 17.8. The monoisotopic (exact) mass is 360 g/mol. The average Bonchev–Trinajstić information content (AvgIpc) is 2.76. The molecule has 3 unspecified atom stereocenters. The zero-order valence-electron chi connectivity index (χ0n) is 16.2. The molecule has 2 N–H and O–H groups in total. The van der Waals surface area contributed by atoms with Gasteiger partial charge in [-0.3, -0.25) is 0 Å². The molecule has 1 aromatic rings. The van der Waals surface area contributed by atoms with E-state index in [0.29, 0.717) is 18.5 Å². The molecule has 0 saturated heterocycles. The molecular formula is C21H32N2O3. The summed E-state index contributed by atoms with van der Waals surface area (Å²) in [5.74, 6) is 0.334. The van der Waals surface area contributed by atoms with Gasteiger partial charge in [-0.05, 0) is 18.4 Å². The molecule has 0 aromatic heterocycles. The largest absolute Gasteiger partial charge is 0.393 e. The van der Waals surface area contributed by atoms with Crippen molar-refractivity contribution in [2.45, 2.75) is 69.6 Å². The molecule has 1 fully saturated rings. The lowest BCUT2D eigenvalue weighted by Crippen LogP contribution is -2.41. The Balaban J connectivity index is 1.81. The van der Waals surface area contributed by atoms with Crippen LogP contribution in [-0.2, 0) is 9.57 Å². The van der Waals surface area contributed by atoms with Gasteiger partial charge in [0.05, 0.1) is 0 Å². The molecule has 0 spiro atoms. The fourth-order valence-corrected chi connectivity index (χ4v) is 4.34. The first-order chi connectivity index (χ1) is 12.6. The highest BCUT2D eigenvalue weighted by Crippen LogP contribution is 2.50. The Morgan fingerprint density at radius 2 is 2.08 bits per heavy atom. The molecule has 0 radical (unpaired) electrons.